The summed E-state index contributed by atoms with van der Waals surface area (Å²) < 4.78 is 10.3. The number of carbonyl (C=O) groups excluding carboxylic acids is 1. The number of carbonyl (C=O) groups is 1. The number of benzene rings is 2. The first kappa shape index (κ1) is 23.5. The van der Waals surface area contributed by atoms with Crippen LogP contribution in [0, 0.1) is 0 Å². The summed E-state index contributed by atoms with van der Waals surface area (Å²) in [4.78, 5) is 16.3. The fourth-order valence-corrected chi connectivity index (χ4v) is 2.37. The molecule has 1 amide bonds. The summed E-state index contributed by atoms with van der Waals surface area (Å²) >= 11 is 0. The minimum atomic E-state index is -0.142. The molecule has 0 fully saturated rings. The fraction of sp³-hybridized carbons (Fsp3) is 0.300. The zero-order valence-electron chi connectivity index (χ0n) is 16.3. The Bertz CT molecular complexity index is 766. The summed E-state index contributed by atoms with van der Waals surface area (Å²) in [5.74, 6) is 2.01. The lowest BCUT2D eigenvalue weighted by molar-refractivity contribution is 0.0954. The molecule has 0 aliphatic heterocycles. The van der Waals surface area contributed by atoms with Crippen molar-refractivity contribution in [3.63, 3.8) is 0 Å². The smallest absolute Gasteiger partial charge is 0.251 e. The van der Waals surface area contributed by atoms with Crippen molar-refractivity contribution >= 4 is 35.8 Å². The molecule has 2 aromatic carbocycles. The van der Waals surface area contributed by atoms with Crippen molar-refractivity contribution < 1.29 is 14.3 Å². The Morgan fingerprint density at radius 1 is 0.929 bits per heavy atom. The maximum atomic E-state index is 12.1. The first-order valence-electron chi connectivity index (χ1n) is 8.66. The molecule has 0 saturated carbocycles. The summed E-state index contributed by atoms with van der Waals surface area (Å²) in [5, 5.41) is 9.26. The number of hydrogen-bond donors (Lipinski definition) is 3. The number of guanidine groups is 1. The second kappa shape index (κ2) is 12.8. The molecule has 7 nitrogen and oxygen atoms in total. The zero-order chi connectivity index (χ0) is 19.5. The van der Waals surface area contributed by atoms with Gasteiger partial charge in [0.05, 0.1) is 14.2 Å². The van der Waals surface area contributed by atoms with E-state index in [1.807, 2.05) is 24.3 Å². The van der Waals surface area contributed by atoms with Gasteiger partial charge in [-0.25, -0.2) is 0 Å². The van der Waals surface area contributed by atoms with E-state index in [1.54, 1.807) is 45.5 Å². The van der Waals surface area contributed by atoms with Crippen LogP contribution < -0.4 is 25.4 Å². The van der Waals surface area contributed by atoms with Crippen molar-refractivity contribution in [2.24, 2.45) is 4.99 Å². The number of nitrogens with zero attached hydrogens (tertiary/aromatic N) is 1. The zero-order valence-corrected chi connectivity index (χ0v) is 18.7. The lowest BCUT2D eigenvalue weighted by Gasteiger charge is -2.13. The number of ether oxygens (including phenoxy) is 2. The monoisotopic (exact) mass is 498 g/mol. The number of amides is 1. The third kappa shape index (κ3) is 7.63. The Kier molecular flexibility index (Phi) is 10.8. The molecule has 0 aromatic heterocycles. The summed E-state index contributed by atoms with van der Waals surface area (Å²) in [6, 6.07) is 14.9. The van der Waals surface area contributed by atoms with E-state index in [0.29, 0.717) is 36.9 Å². The predicted octanol–water partition coefficient (Wildman–Crippen LogP) is 2.42. The lowest BCUT2D eigenvalue weighted by atomic mass is 10.2. The van der Waals surface area contributed by atoms with Gasteiger partial charge >= 0.3 is 0 Å². The van der Waals surface area contributed by atoms with Gasteiger partial charge in [-0.05, 0) is 35.9 Å². The van der Waals surface area contributed by atoms with Crippen LogP contribution in [0.2, 0.25) is 0 Å². The molecular weight excluding hydrogens is 471 g/mol. The lowest BCUT2D eigenvalue weighted by Crippen LogP contribution is -2.41. The van der Waals surface area contributed by atoms with Gasteiger partial charge in [0.1, 0.15) is 11.5 Å². The van der Waals surface area contributed by atoms with Crippen LogP contribution in [0.1, 0.15) is 15.9 Å². The summed E-state index contributed by atoms with van der Waals surface area (Å²) in [5.41, 5.74) is 1.68. The van der Waals surface area contributed by atoms with Crippen LogP contribution in [-0.2, 0) is 6.54 Å². The molecule has 0 aliphatic carbocycles. The third-order valence-electron chi connectivity index (χ3n) is 3.88. The standard InChI is InChI=1S/C20H26N4O3.HI/c1-21-20(24-14-15-7-9-17(26-2)10-8-15)23-12-11-22-19(25)16-5-4-6-18(13-16)27-3;/h4-10,13H,11-12,14H2,1-3H3,(H,22,25)(H2,21,23,24);1H. The van der Waals surface area contributed by atoms with E-state index < -0.39 is 0 Å². The Balaban J connectivity index is 0.00000392. The van der Waals surface area contributed by atoms with E-state index in [9.17, 15) is 4.79 Å². The largest absolute Gasteiger partial charge is 0.497 e. The van der Waals surface area contributed by atoms with Gasteiger partial charge in [-0.15, -0.1) is 24.0 Å². The quantitative estimate of drug-likeness (QED) is 0.226. The van der Waals surface area contributed by atoms with Crippen LogP contribution in [0.25, 0.3) is 0 Å². The fourth-order valence-electron chi connectivity index (χ4n) is 2.37. The first-order valence-corrected chi connectivity index (χ1v) is 8.66. The minimum absolute atomic E-state index is 0. The van der Waals surface area contributed by atoms with Crippen molar-refractivity contribution in [1.82, 2.24) is 16.0 Å². The molecule has 0 atom stereocenters. The molecule has 0 unspecified atom stereocenters. The van der Waals surface area contributed by atoms with Crippen molar-refractivity contribution in [2.45, 2.75) is 6.54 Å². The number of rotatable bonds is 8. The molecule has 0 bridgehead atoms. The SMILES string of the molecule is CN=C(NCCNC(=O)c1cccc(OC)c1)NCc1ccc(OC)cc1.I. The van der Waals surface area contributed by atoms with Crippen LogP contribution in [0.15, 0.2) is 53.5 Å². The molecule has 3 N–H and O–H groups in total. The highest BCUT2D eigenvalue weighted by molar-refractivity contribution is 14.0. The Morgan fingerprint density at radius 3 is 2.25 bits per heavy atom. The molecule has 2 rings (SSSR count). The molecule has 8 heteroatoms. The number of halogens is 1. The highest BCUT2D eigenvalue weighted by Gasteiger charge is 2.06. The summed E-state index contributed by atoms with van der Waals surface area (Å²) in [6.45, 7) is 1.66. The Labute approximate surface area is 182 Å². The van der Waals surface area contributed by atoms with Crippen LogP contribution in [-0.4, -0.2) is 46.2 Å². The van der Waals surface area contributed by atoms with Gasteiger partial charge in [0, 0.05) is 32.2 Å². The van der Waals surface area contributed by atoms with Crippen LogP contribution in [0.5, 0.6) is 11.5 Å². The first-order chi connectivity index (χ1) is 13.2. The van der Waals surface area contributed by atoms with Gasteiger partial charge in [0.25, 0.3) is 5.91 Å². The van der Waals surface area contributed by atoms with Crippen molar-refractivity contribution in [3.8, 4) is 11.5 Å². The number of aliphatic imine (C=N–C) groups is 1. The number of methoxy groups -OCH3 is 2. The topological polar surface area (TPSA) is 84.0 Å². The molecule has 152 valence electrons. The minimum Gasteiger partial charge on any atom is -0.497 e. The highest BCUT2D eigenvalue weighted by atomic mass is 127. The van der Waals surface area contributed by atoms with Crippen molar-refractivity contribution in [2.75, 3.05) is 34.4 Å². The van der Waals surface area contributed by atoms with Gasteiger partial charge in [-0.3, -0.25) is 9.79 Å². The molecule has 28 heavy (non-hydrogen) atoms. The normalized spacial score (nSPS) is 10.5. The van der Waals surface area contributed by atoms with E-state index in [2.05, 4.69) is 20.9 Å². The van der Waals surface area contributed by atoms with Gasteiger partial charge in [-0.1, -0.05) is 18.2 Å². The van der Waals surface area contributed by atoms with E-state index in [-0.39, 0.29) is 29.9 Å². The third-order valence-corrected chi connectivity index (χ3v) is 3.88. The Morgan fingerprint density at radius 2 is 1.61 bits per heavy atom. The van der Waals surface area contributed by atoms with E-state index in [1.165, 1.54) is 0 Å². The molecule has 0 radical (unpaired) electrons. The molecular formula is C20H27IN4O3. The molecule has 0 saturated heterocycles. The van der Waals surface area contributed by atoms with Crippen molar-refractivity contribution in [3.05, 3.63) is 59.7 Å². The van der Waals surface area contributed by atoms with Gasteiger partial charge in [0.2, 0.25) is 0 Å². The summed E-state index contributed by atoms with van der Waals surface area (Å²) in [7, 11) is 4.93. The van der Waals surface area contributed by atoms with Gasteiger partial charge in [0.15, 0.2) is 5.96 Å². The average molecular weight is 498 g/mol. The average Bonchev–Trinajstić information content (AvgIpc) is 2.73. The molecule has 2 aromatic rings. The van der Waals surface area contributed by atoms with Crippen molar-refractivity contribution in [1.29, 1.82) is 0 Å². The summed E-state index contributed by atoms with van der Waals surface area (Å²) in [6.07, 6.45) is 0. The molecule has 0 aliphatic rings. The maximum Gasteiger partial charge on any atom is 0.251 e. The van der Waals surface area contributed by atoms with E-state index >= 15 is 0 Å². The van der Waals surface area contributed by atoms with Gasteiger partial charge in [-0.2, -0.15) is 0 Å². The highest BCUT2D eigenvalue weighted by Crippen LogP contribution is 2.12. The second-order valence-corrected chi connectivity index (χ2v) is 5.69. The maximum absolute atomic E-state index is 12.1. The second-order valence-electron chi connectivity index (χ2n) is 5.69. The van der Waals surface area contributed by atoms with Gasteiger partial charge < -0.3 is 25.4 Å². The van der Waals surface area contributed by atoms with Crippen LogP contribution in [0.4, 0.5) is 0 Å². The van der Waals surface area contributed by atoms with Crippen LogP contribution >= 0.6 is 24.0 Å². The van der Waals surface area contributed by atoms with Crippen LogP contribution in [0.3, 0.4) is 0 Å². The molecule has 0 spiro atoms. The van der Waals surface area contributed by atoms with E-state index in [4.69, 9.17) is 9.47 Å². The number of hydrogen-bond acceptors (Lipinski definition) is 4. The van der Waals surface area contributed by atoms with E-state index in [0.717, 1.165) is 11.3 Å². The number of nitrogens with one attached hydrogen (secondary N) is 3. The predicted molar refractivity (Wildman–Crippen MR) is 122 cm³/mol. The molecule has 0 heterocycles. The Hall–Kier alpha value is -2.49.